The Morgan fingerprint density at radius 1 is 1.19 bits per heavy atom. The van der Waals surface area contributed by atoms with Crippen molar-refractivity contribution in [3.63, 3.8) is 0 Å². The Balaban J connectivity index is 1.31. The predicted octanol–water partition coefficient (Wildman–Crippen LogP) is 4.75. The first-order valence-corrected chi connectivity index (χ1v) is 12.3. The van der Waals surface area contributed by atoms with Gasteiger partial charge in [-0.25, -0.2) is 0 Å². The molecule has 2 heterocycles. The summed E-state index contributed by atoms with van der Waals surface area (Å²) in [7, 11) is 0. The maximum Gasteiger partial charge on any atom is 0.230 e. The van der Waals surface area contributed by atoms with E-state index in [0.29, 0.717) is 33.3 Å². The van der Waals surface area contributed by atoms with Crippen LogP contribution in [0.4, 0.5) is 0 Å². The summed E-state index contributed by atoms with van der Waals surface area (Å²) in [5.41, 5.74) is 2.07. The molecule has 168 valence electrons. The molecule has 1 N–H and O–H groups in total. The first-order valence-electron chi connectivity index (χ1n) is 10.6. The number of nitrogens with one attached hydrogen (secondary N) is 1. The molecular weight excluding hydrogens is 465 g/mol. The molecule has 32 heavy (non-hydrogen) atoms. The predicted molar refractivity (Wildman–Crippen MR) is 130 cm³/mol. The number of carbonyl (C=O) groups excluding carboxylic acids is 1. The van der Waals surface area contributed by atoms with Gasteiger partial charge in [-0.1, -0.05) is 65.3 Å². The molecule has 1 amide bonds. The summed E-state index contributed by atoms with van der Waals surface area (Å²) in [6.07, 6.45) is 0.966. The Hall–Kier alpha value is -2.06. The lowest BCUT2D eigenvalue weighted by atomic mass is 10.2. The van der Waals surface area contributed by atoms with Crippen LogP contribution in [-0.4, -0.2) is 50.5 Å². The molecule has 0 aliphatic carbocycles. The number of likely N-dealkylation sites (tertiary alicyclic amines) is 1. The number of amides is 1. The van der Waals surface area contributed by atoms with Gasteiger partial charge in [-0.2, -0.15) is 0 Å². The van der Waals surface area contributed by atoms with Crippen LogP contribution in [0.3, 0.4) is 0 Å². The fourth-order valence-corrected chi connectivity index (χ4v) is 5.19. The normalized spacial score (nSPS) is 16.4. The van der Waals surface area contributed by atoms with Crippen molar-refractivity contribution >= 4 is 40.9 Å². The first-order chi connectivity index (χ1) is 15.5. The Labute approximate surface area is 202 Å². The van der Waals surface area contributed by atoms with Crippen LogP contribution in [0.25, 0.3) is 11.4 Å². The molecule has 1 fully saturated rings. The smallest absolute Gasteiger partial charge is 0.230 e. The number of hydrogen-bond acceptors (Lipinski definition) is 5. The molecule has 0 unspecified atom stereocenters. The molecule has 4 rings (SSSR count). The molecule has 1 atom stereocenters. The highest BCUT2D eigenvalue weighted by atomic mass is 35.5. The second kappa shape index (κ2) is 10.7. The van der Waals surface area contributed by atoms with Gasteiger partial charge in [0.25, 0.3) is 0 Å². The zero-order chi connectivity index (χ0) is 22.5. The average molecular weight is 490 g/mol. The van der Waals surface area contributed by atoms with Crippen LogP contribution in [0.15, 0.2) is 53.7 Å². The highest BCUT2D eigenvalue weighted by Gasteiger charge is 2.24. The molecule has 1 saturated heterocycles. The van der Waals surface area contributed by atoms with Crippen molar-refractivity contribution in [1.82, 2.24) is 25.0 Å². The zero-order valence-corrected chi connectivity index (χ0v) is 20.1. The van der Waals surface area contributed by atoms with E-state index in [1.54, 1.807) is 12.1 Å². The van der Waals surface area contributed by atoms with Gasteiger partial charge in [-0.3, -0.25) is 9.69 Å². The lowest BCUT2D eigenvalue weighted by Crippen LogP contribution is -2.38. The van der Waals surface area contributed by atoms with Crippen LogP contribution in [0.2, 0.25) is 10.0 Å². The molecule has 0 spiro atoms. The highest BCUT2D eigenvalue weighted by Crippen LogP contribution is 2.31. The standard InChI is InChI=1S/C23H25Cl2N5OS/c1-2-30-22(19-9-8-17(24)12-20(19)25)27-28-23(30)32-15-21(31)26-18-10-11-29(14-18)13-16-6-4-3-5-7-16/h3-9,12,18H,2,10-11,13-15H2,1H3,(H,26,31)/t18-/m1/s1. The molecule has 9 heteroatoms. The minimum atomic E-state index is 0.0123. The van der Waals surface area contributed by atoms with Crippen LogP contribution < -0.4 is 5.32 Å². The first kappa shape index (κ1) is 23.1. The minimum absolute atomic E-state index is 0.0123. The van der Waals surface area contributed by atoms with Gasteiger partial charge in [-0.05, 0) is 37.1 Å². The van der Waals surface area contributed by atoms with Crippen molar-refractivity contribution in [2.24, 2.45) is 0 Å². The number of thioether (sulfide) groups is 1. The van der Waals surface area contributed by atoms with Crippen LogP contribution in [0, 0.1) is 0 Å². The van der Waals surface area contributed by atoms with Gasteiger partial charge in [-0.15, -0.1) is 10.2 Å². The monoisotopic (exact) mass is 489 g/mol. The number of aromatic nitrogens is 3. The summed E-state index contributed by atoms with van der Waals surface area (Å²) in [4.78, 5) is 14.9. The molecule has 1 aromatic heterocycles. The van der Waals surface area contributed by atoms with E-state index in [4.69, 9.17) is 23.2 Å². The number of carbonyl (C=O) groups is 1. The van der Waals surface area contributed by atoms with Crippen molar-refractivity contribution in [3.8, 4) is 11.4 Å². The Bertz CT molecular complexity index is 1080. The van der Waals surface area contributed by atoms with Crippen molar-refractivity contribution in [2.45, 2.75) is 37.6 Å². The Morgan fingerprint density at radius 2 is 2.00 bits per heavy atom. The van der Waals surface area contributed by atoms with Gasteiger partial charge >= 0.3 is 0 Å². The van der Waals surface area contributed by atoms with E-state index in [9.17, 15) is 4.79 Å². The van der Waals surface area contributed by atoms with E-state index in [2.05, 4.69) is 44.7 Å². The summed E-state index contributed by atoms with van der Waals surface area (Å²) in [6, 6.07) is 15.9. The molecule has 2 aromatic carbocycles. The molecule has 1 aliphatic heterocycles. The SMILES string of the molecule is CCn1c(SCC(=O)N[C@@H]2CCN(Cc3ccccc3)C2)nnc1-c1ccc(Cl)cc1Cl. The lowest BCUT2D eigenvalue weighted by molar-refractivity contribution is -0.119. The van der Waals surface area contributed by atoms with Gasteiger partial charge in [0.1, 0.15) is 0 Å². The summed E-state index contributed by atoms with van der Waals surface area (Å²) >= 11 is 13.7. The van der Waals surface area contributed by atoms with Crippen LogP contribution >= 0.6 is 35.0 Å². The van der Waals surface area contributed by atoms with Gasteiger partial charge in [0.15, 0.2) is 11.0 Å². The third-order valence-electron chi connectivity index (χ3n) is 5.42. The van der Waals surface area contributed by atoms with Crippen molar-refractivity contribution in [1.29, 1.82) is 0 Å². The maximum absolute atomic E-state index is 12.6. The van der Waals surface area contributed by atoms with E-state index in [1.807, 2.05) is 23.6 Å². The maximum atomic E-state index is 12.6. The largest absolute Gasteiger partial charge is 0.351 e. The van der Waals surface area contributed by atoms with Gasteiger partial charge < -0.3 is 9.88 Å². The number of rotatable bonds is 8. The third kappa shape index (κ3) is 5.64. The fourth-order valence-electron chi connectivity index (χ4n) is 3.89. The van der Waals surface area contributed by atoms with Crippen molar-refractivity contribution in [2.75, 3.05) is 18.8 Å². The van der Waals surface area contributed by atoms with Crippen LogP contribution in [0.5, 0.6) is 0 Å². The zero-order valence-electron chi connectivity index (χ0n) is 17.8. The molecular formula is C23H25Cl2N5OS. The van der Waals surface area contributed by atoms with Crippen molar-refractivity contribution < 1.29 is 4.79 Å². The van der Waals surface area contributed by atoms with E-state index in [-0.39, 0.29) is 11.9 Å². The van der Waals surface area contributed by atoms with Gasteiger partial charge in [0, 0.05) is 42.8 Å². The lowest BCUT2D eigenvalue weighted by Gasteiger charge is -2.16. The Kier molecular flexibility index (Phi) is 7.73. The van der Waals surface area contributed by atoms with E-state index in [1.165, 1.54) is 17.3 Å². The molecule has 0 bridgehead atoms. The second-order valence-corrected chi connectivity index (χ2v) is 9.52. The summed E-state index contributed by atoms with van der Waals surface area (Å²) in [5, 5.41) is 13.5. The van der Waals surface area contributed by atoms with Gasteiger partial charge in [0.05, 0.1) is 10.8 Å². The quantitative estimate of drug-likeness (QED) is 0.462. The van der Waals surface area contributed by atoms with Crippen molar-refractivity contribution in [3.05, 3.63) is 64.1 Å². The summed E-state index contributed by atoms with van der Waals surface area (Å²) in [6.45, 7) is 5.46. The molecule has 6 nitrogen and oxygen atoms in total. The highest BCUT2D eigenvalue weighted by molar-refractivity contribution is 7.99. The fraction of sp³-hybridized carbons (Fsp3) is 0.348. The summed E-state index contributed by atoms with van der Waals surface area (Å²) in [5.74, 6) is 0.976. The number of benzene rings is 2. The third-order valence-corrected chi connectivity index (χ3v) is 6.94. The van der Waals surface area contributed by atoms with E-state index in [0.717, 1.165) is 31.6 Å². The van der Waals surface area contributed by atoms with Crippen LogP contribution in [0.1, 0.15) is 18.9 Å². The second-order valence-electron chi connectivity index (χ2n) is 7.74. The number of nitrogens with zero attached hydrogens (tertiary/aromatic N) is 4. The van der Waals surface area contributed by atoms with Gasteiger partial charge in [0.2, 0.25) is 5.91 Å². The average Bonchev–Trinajstić information content (AvgIpc) is 3.39. The molecule has 0 radical (unpaired) electrons. The summed E-state index contributed by atoms with van der Waals surface area (Å²) < 4.78 is 1.96. The van der Waals surface area contributed by atoms with E-state index < -0.39 is 0 Å². The molecule has 1 aliphatic rings. The number of hydrogen-bond donors (Lipinski definition) is 1. The van der Waals surface area contributed by atoms with E-state index >= 15 is 0 Å². The minimum Gasteiger partial charge on any atom is -0.351 e. The number of halogens is 2. The Morgan fingerprint density at radius 3 is 2.75 bits per heavy atom. The van der Waals surface area contributed by atoms with Crippen LogP contribution in [-0.2, 0) is 17.9 Å². The molecule has 3 aromatic rings. The molecule has 0 saturated carbocycles. The topological polar surface area (TPSA) is 63.1 Å².